The van der Waals surface area contributed by atoms with Crippen LogP contribution in [0.5, 0.6) is 0 Å². The number of ether oxygens (including phenoxy) is 2. The van der Waals surface area contributed by atoms with Gasteiger partial charge in [-0.2, -0.15) is 0 Å². The average molecular weight is 334 g/mol. The molecule has 3 rings (SSSR count). The second-order valence-electron chi connectivity index (χ2n) is 6.57. The number of aliphatic hydroxyl groups excluding tert-OH is 1. The van der Waals surface area contributed by atoms with E-state index >= 15 is 0 Å². The van der Waals surface area contributed by atoms with E-state index in [1.165, 1.54) is 0 Å². The Kier molecular flexibility index (Phi) is 5.71. The van der Waals surface area contributed by atoms with Gasteiger partial charge < -0.3 is 25.2 Å². The van der Waals surface area contributed by atoms with Gasteiger partial charge in [0.15, 0.2) is 5.79 Å². The molecule has 3 N–H and O–H groups in total. The highest BCUT2D eigenvalue weighted by Crippen LogP contribution is 2.35. The number of hydrogen-bond donors (Lipinski definition) is 3. The molecule has 2 aliphatic rings. The lowest BCUT2D eigenvalue weighted by Crippen LogP contribution is -2.50. The van der Waals surface area contributed by atoms with Crippen LogP contribution in [0.1, 0.15) is 31.2 Å². The number of hydrogen-bond acceptors (Lipinski definition) is 4. The molecule has 1 aromatic rings. The Labute approximate surface area is 142 Å². The molecule has 0 unspecified atom stereocenters. The summed E-state index contributed by atoms with van der Waals surface area (Å²) >= 11 is 0. The van der Waals surface area contributed by atoms with E-state index in [2.05, 4.69) is 10.6 Å². The Balaban J connectivity index is 1.43. The molecule has 1 atom stereocenters. The first-order valence-corrected chi connectivity index (χ1v) is 8.69. The van der Waals surface area contributed by atoms with Crippen molar-refractivity contribution in [3.05, 3.63) is 35.9 Å². The molecular weight excluding hydrogens is 308 g/mol. The Morgan fingerprint density at radius 3 is 2.50 bits per heavy atom. The van der Waals surface area contributed by atoms with Crippen molar-refractivity contribution in [3.63, 3.8) is 0 Å². The lowest BCUT2D eigenvalue weighted by molar-refractivity contribution is -0.179. The summed E-state index contributed by atoms with van der Waals surface area (Å²) in [4.78, 5) is 12.2. The van der Waals surface area contributed by atoms with E-state index in [1.807, 2.05) is 30.3 Å². The van der Waals surface area contributed by atoms with Crippen LogP contribution in [-0.2, 0) is 15.9 Å². The molecular formula is C18H26N2O4. The molecule has 1 heterocycles. The SMILES string of the molecule is O=C(NC1CCC2(CC1)OCCO2)N[C@@H](CO)Cc1ccccc1. The molecule has 1 spiro atoms. The summed E-state index contributed by atoms with van der Waals surface area (Å²) in [6.07, 6.45) is 3.92. The second-order valence-corrected chi connectivity index (χ2v) is 6.57. The van der Waals surface area contributed by atoms with Gasteiger partial charge in [-0.3, -0.25) is 0 Å². The molecule has 1 saturated heterocycles. The number of carbonyl (C=O) groups excluding carboxylic acids is 1. The van der Waals surface area contributed by atoms with Crippen molar-refractivity contribution in [1.82, 2.24) is 10.6 Å². The standard InChI is InChI=1S/C18H26N2O4/c21-13-16(12-14-4-2-1-3-5-14)20-17(22)19-15-6-8-18(9-7-15)23-10-11-24-18/h1-5,15-16,21H,6-13H2,(H2,19,20,22)/t16-/m1/s1. The minimum absolute atomic E-state index is 0.0855. The first-order chi connectivity index (χ1) is 11.7. The molecule has 132 valence electrons. The molecule has 0 bridgehead atoms. The van der Waals surface area contributed by atoms with Gasteiger partial charge in [0.05, 0.1) is 25.9 Å². The van der Waals surface area contributed by atoms with Crippen LogP contribution in [0.3, 0.4) is 0 Å². The van der Waals surface area contributed by atoms with Gasteiger partial charge in [0.25, 0.3) is 0 Å². The highest BCUT2D eigenvalue weighted by atomic mass is 16.7. The average Bonchev–Trinajstić information content (AvgIpc) is 3.06. The fourth-order valence-electron chi connectivity index (χ4n) is 3.46. The molecule has 2 fully saturated rings. The lowest BCUT2D eigenvalue weighted by Gasteiger charge is -2.35. The summed E-state index contributed by atoms with van der Waals surface area (Å²) in [5, 5.41) is 15.4. The monoisotopic (exact) mass is 334 g/mol. The van der Waals surface area contributed by atoms with Crippen LogP contribution in [0, 0.1) is 0 Å². The van der Waals surface area contributed by atoms with E-state index in [4.69, 9.17) is 9.47 Å². The number of aliphatic hydroxyl groups is 1. The maximum atomic E-state index is 12.2. The molecule has 24 heavy (non-hydrogen) atoms. The molecule has 0 aromatic heterocycles. The molecule has 1 aliphatic carbocycles. The van der Waals surface area contributed by atoms with Crippen molar-refractivity contribution in [3.8, 4) is 0 Å². The van der Waals surface area contributed by atoms with Crippen LogP contribution in [0.25, 0.3) is 0 Å². The summed E-state index contributed by atoms with van der Waals surface area (Å²) in [6.45, 7) is 1.24. The Bertz CT molecular complexity index is 521. The summed E-state index contributed by atoms with van der Waals surface area (Å²) < 4.78 is 11.4. The van der Waals surface area contributed by atoms with E-state index in [0.29, 0.717) is 19.6 Å². The summed E-state index contributed by atoms with van der Waals surface area (Å²) in [5.74, 6) is -0.407. The van der Waals surface area contributed by atoms with Crippen LogP contribution in [0.15, 0.2) is 30.3 Å². The van der Waals surface area contributed by atoms with Gasteiger partial charge >= 0.3 is 6.03 Å². The largest absolute Gasteiger partial charge is 0.394 e. The van der Waals surface area contributed by atoms with Crippen LogP contribution in [-0.4, -0.2) is 48.8 Å². The van der Waals surface area contributed by atoms with Crippen molar-refractivity contribution in [2.24, 2.45) is 0 Å². The van der Waals surface area contributed by atoms with E-state index in [1.54, 1.807) is 0 Å². The molecule has 2 amide bonds. The minimum Gasteiger partial charge on any atom is -0.394 e. The van der Waals surface area contributed by atoms with Crippen molar-refractivity contribution in [1.29, 1.82) is 0 Å². The molecule has 0 radical (unpaired) electrons. The van der Waals surface area contributed by atoms with E-state index in [0.717, 1.165) is 31.2 Å². The summed E-state index contributed by atoms with van der Waals surface area (Å²) in [6, 6.07) is 9.45. The number of nitrogens with one attached hydrogen (secondary N) is 2. The number of amides is 2. The predicted octanol–water partition coefficient (Wildman–Crippen LogP) is 1.57. The third-order valence-corrected chi connectivity index (χ3v) is 4.78. The fourth-order valence-corrected chi connectivity index (χ4v) is 3.46. The number of urea groups is 1. The summed E-state index contributed by atoms with van der Waals surface area (Å²) in [5.41, 5.74) is 1.09. The molecule has 6 heteroatoms. The fraction of sp³-hybridized carbons (Fsp3) is 0.611. The quantitative estimate of drug-likeness (QED) is 0.764. The lowest BCUT2D eigenvalue weighted by atomic mass is 9.90. The maximum Gasteiger partial charge on any atom is 0.315 e. The molecule has 1 aromatic carbocycles. The number of carbonyl (C=O) groups is 1. The zero-order valence-corrected chi connectivity index (χ0v) is 13.9. The predicted molar refractivity (Wildman–Crippen MR) is 89.6 cm³/mol. The molecule has 1 aliphatic heterocycles. The van der Waals surface area contributed by atoms with Gasteiger partial charge in [-0.05, 0) is 24.8 Å². The van der Waals surface area contributed by atoms with E-state index in [-0.39, 0.29) is 24.7 Å². The third kappa shape index (κ3) is 4.47. The highest BCUT2D eigenvalue weighted by molar-refractivity contribution is 5.74. The first kappa shape index (κ1) is 17.2. The highest BCUT2D eigenvalue weighted by Gasteiger charge is 2.40. The Hall–Kier alpha value is -1.63. The second kappa shape index (κ2) is 7.96. The normalized spacial score (nSPS) is 21.5. The van der Waals surface area contributed by atoms with Gasteiger partial charge in [-0.1, -0.05) is 30.3 Å². The topological polar surface area (TPSA) is 79.8 Å². The van der Waals surface area contributed by atoms with Crippen molar-refractivity contribution in [2.45, 2.75) is 50.0 Å². The van der Waals surface area contributed by atoms with Crippen molar-refractivity contribution >= 4 is 6.03 Å². The van der Waals surface area contributed by atoms with E-state index < -0.39 is 5.79 Å². The van der Waals surface area contributed by atoms with Gasteiger partial charge in [0.2, 0.25) is 0 Å². The Morgan fingerprint density at radius 2 is 1.88 bits per heavy atom. The van der Waals surface area contributed by atoms with Crippen LogP contribution in [0.4, 0.5) is 4.79 Å². The molecule has 1 saturated carbocycles. The number of benzene rings is 1. The molecule has 6 nitrogen and oxygen atoms in total. The van der Waals surface area contributed by atoms with Crippen molar-refractivity contribution < 1.29 is 19.4 Å². The van der Waals surface area contributed by atoms with Gasteiger partial charge in [-0.15, -0.1) is 0 Å². The van der Waals surface area contributed by atoms with Crippen molar-refractivity contribution in [2.75, 3.05) is 19.8 Å². The van der Waals surface area contributed by atoms with Crippen LogP contribution < -0.4 is 10.6 Å². The number of rotatable bonds is 5. The summed E-state index contributed by atoms with van der Waals surface area (Å²) in [7, 11) is 0. The zero-order valence-electron chi connectivity index (χ0n) is 13.9. The van der Waals surface area contributed by atoms with Crippen LogP contribution >= 0.6 is 0 Å². The third-order valence-electron chi connectivity index (χ3n) is 4.78. The Morgan fingerprint density at radius 1 is 1.21 bits per heavy atom. The van der Waals surface area contributed by atoms with Crippen LogP contribution in [0.2, 0.25) is 0 Å². The van der Waals surface area contributed by atoms with Gasteiger partial charge in [-0.25, -0.2) is 4.79 Å². The first-order valence-electron chi connectivity index (χ1n) is 8.69. The smallest absolute Gasteiger partial charge is 0.315 e. The maximum absolute atomic E-state index is 12.2. The minimum atomic E-state index is -0.407. The van der Waals surface area contributed by atoms with E-state index in [9.17, 15) is 9.90 Å². The van der Waals surface area contributed by atoms with Gasteiger partial charge in [0.1, 0.15) is 0 Å². The van der Waals surface area contributed by atoms with Gasteiger partial charge in [0, 0.05) is 18.9 Å². The zero-order chi connectivity index (χ0) is 16.8.